The van der Waals surface area contributed by atoms with Crippen LogP contribution < -0.4 is 5.32 Å². The Bertz CT molecular complexity index is 420. The molecule has 0 aromatic carbocycles. The summed E-state index contributed by atoms with van der Waals surface area (Å²) < 4.78 is 0. The van der Waals surface area contributed by atoms with Gasteiger partial charge in [-0.2, -0.15) is 5.26 Å². The number of likely N-dealkylation sites (N-methyl/N-ethyl adjacent to an activating group) is 2. The monoisotopic (exact) mass is 308 g/mol. The number of hydrogen-bond acceptors (Lipinski definition) is 4. The topological polar surface area (TPSA) is 76.4 Å². The van der Waals surface area contributed by atoms with Crippen LogP contribution in [0.5, 0.6) is 0 Å². The Kier molecular flexibility index (Phi) is 7.33. The Morgan fingerprint density at radius 2 is 1.73 bits per heavy atom. The third-order valence-electron chi connectivity index (χ3n) is 4.23. The van der Waals surface area contributed by atoms with Gasteiger partial charge >= 0.3 is 0 Å². The van der Waals surface area contributed by atoms with E-state index in [0.29, 0.717) is 13.1 Å². The highest BCUT2D eigenvalue weighted by Crippen LogP contribution is 2.27. The Labute approximate surface area is 133 Å². The van der Waals surface area contributed by atoms with Crippen molar-refractivity contribution >= 4 is 11.8 Å². The zero-order valence-electron chi connectivity index (χ0n) is 14.0. The number of nitrogens with zero attached hydrogens (tertiary/aromatic N) is 3. The lowest BCUT2D eigenvalue weighted by Crippen LogP contribution is -2.52. The molecule has 1 N–H and O–H groups in total. The summed E-state index contributed by atoms with van der Waals surface area (Å²) in [4.78, 5) is 27.6. The van der Waals surface area contributed by atoms with Gasteiger partial charge in [-0.1, -0.05) is 19.3 Å². The van der Waals surface area contributed by atoms with Crippen LogP contribution in [-0.4, -0.2) is 60.4 Å². The van der Waals surface area contributed by atoms with Gasteiger partial charge in [-0.3, -0.25) is 14.5 Å². The zero-order chi connectivity index (χ0) is 16.6. The van der Waals surface area contributed by atoms with E-state index in [4.69, 9.17) is 0 Å². The predicted octanol–water partition coefficient (Wildman–Crippen LogP) is 1.13. The van der Waals surface area contributed by atoms with Crippen molar-refractivity contribution in [3.8, 4) is 6.07 Å². The van der Waals surface area contributed by atoms with Gasteiger partial charge in [0.25, 0.3) is 0 Å². The molecular formula is C16H28N4O2. The zero-order valence-corrected chi connectivity index (χ0v) is 14.0. The largest absolute Gasteiger partial charge is 0.342 e. The van der Waals surface area contributed by atoms with Gasteiger partial charge in [-0.15, -0.1) is 0 Å². The molecule has 6 heteroatoms. The fraction of sp³-hybridized carbons (Fsp3) is 0.812. The molecule has 0 aliphatic heterocycles. The first kappa shape index (κ1) is 18.4. The third-order valence-corrected chi connectivity index (χ3v) is 4.23. The molecule has 0 bridgehead atoms. The van der Waals surface area contributed by atoms with Gasteiger partial charge in [0.05, 0.1) is 19.2 Å². The molecule has 1 rings (SSSR count). The molecule has 1 aliphatic carbocycles. The summed E-state index contributed by atoms with van der Waals surface area (Å²) in [6, 6.07) is 2.27. The highest BCUT2D eigenvalue weighted by molar-refractivity contribution is 5.81. The molecule has 6 nitrogen and oxygen atoms in total. The lowest BCUT2D eigenvalue weighted by atomic mass is 9.83. The molecule has 1 aliphatic rings. The maximum Gasteiger partial charge on any atom is 0.236 e. The van der Waals surface area contributed by atoms with E-state index in [1.54, 1.807) is 16.8 Å². The first-order chi connectivity index (χ1) is 10.5. The molecule has 124 valence electrons. The summed E-state index contributed by atoms with van der Waals surface area (Å²) in [5, 5.41) is 12.2. The number of rotatable bonds is 7. The van der Waals surface area contributed by atoms with Crippen LogP contribution in [0.15, 0.2) is 0 Å². The van der Waals surface area contributed by atoms with Crippen LogP contribution in [0.1, 0.15) is 46.0 Å². The average molecular weight is 308 g/mol. The molecular weight excluding hydrogens is 280 g/mol. The Morgan fingerprint density at radius 3 is 2.23 bits per heavy atom. The average Bonchev–Trinajstić information content (AvgIpc) is 2.48. The van der Waals surface area contributed by atoms with Gasteiger partial charge in [0.2, 0.25) is 11.8 Å². The van der Waals surface area contributed by atoms with Crippen LogP contribution in [0.25, 0.3) is 0 Å². The number of carbonyl (C=O) groups is 2. The minimum absolute atomic E-state index is 0.0213. The van der Waals surface area contributed by atoms with Gasteiger partial charge in [-0.25, -0.2) is 0 Å². The lowest BCUT2D eigenvalue weighted by Gasteiger charge is -2.32. The maximum atomic E-state index is 12.1. The molecule has 0 aromatic rings. The Hall–Kier alpha value is -1.61. The minimum Gasteiger partial charge on any atom is -0.342 e. The molecule has 1 saturated carbocycles. The van der Waals surface area contributed by atoms with Crippen LogP contribution >= 0.6 is 0 Å². The molecule has 0 unspecified atom stereocenters. The molecule has 0 atom stereocenters. The smallest absolute Gasteiger partial charge is 0.236 e. The van der Waals surface area contributed by atoms with E-state index in [1.165, 1.54) is 0 Å². The molecule has 0 radical (unpaired) electrons. The summed E-state index contributed by atoms with van der Waals surface area (Å²) in [6.45, 7) is 5.58. The first-order valence-corrected chi connectivity index (χ1v) is 8.15. The van der Waals surface area contributed by atoms with Crippen LogP contribution in [0.3, 0.4) is 0 Å². The van der Waals surface area contributed by atoms with Crippen LogP contribution in [-0.2, 0) is 9.59 Å². The highest BCUT2D eigenvalue weighted by Gasteiger charge is 2.33. The number of amides is 2. The van der Waals surface area contributed by atoms with E-state index in [2.05, 4.69) is 11.4 Å². The number of nitriles is 1. The second kappa shape index (κ2) is 8.74. The van der Waals surface area contributed by atoms with Crippen molar-refractivity contribution in [3.63, 3.8) is 0 Å². The summed E-state index contributed by atoms with van der Waals surface area (Å²) in [7, 11) is 1.75. The molecule has 1 fully saturated rings. The minimum atomic E-state index is -0.709. The number of hydrogen-bond donors (Lipinski definition) is 1. The van der Waals surface area contributed by atoms with E-state index in [9.17, 15) is 14.9 Å². The molecule has 0 saturated heterocycles. The molecule has 0 aromatic heterocycles. The SMILES string of the molecule is CCN(CC)C(=O)CN(C)CC(=O)NC1(C#N)CCCCC1. The second-order valence-electron chi connectivity index (χ2n) is 6.04. The van der Waals surface area contributed by atoms with Crippen molar-refractivity contribution < 1.29 is 9.59 Å². The summed E-state index contributed by atoms with van der Waals surface area (Å²) in [5.41, 5.74) is -0.709. The maximum absolute atomic E-state index is 12.1. The third kappa shape index (κ3) is 5.30. The van der Waals surface area contributed by atoms with Crippen LogP contribution in [0, 0.1) is 11.3 Å². The van der Waals surface area contributed by atoms with E-state index in [1.807, 2.05) is 13.8 Å². The number of nitrogens with one attached hydrogen (secondary N) is 1. The fourth-order valence-electron chi connectivity index (χ4n) is 2.93. The molecule has 2 amide bonds. The van der Waals surface area contributed by atoms with Crippen molar-refractivity contribution in [2.75, 3.05) is 33.2 Å². The second-order valence-corrected chi connectivity index (χ2v) is 6.04. The van der Waals surface area contributed by atoms with Crippen molar-refractivity contribution in [1.29, 1.82) is 5.26 Å². The van der Waals surface area contributed by atoms with E-state index in [-0.39, 0.29) is 24.9 Å². The van der Waals surface area contributed by atoms with Crippen LogP contribution in [0.4, 0.5) is 0 Å². The van der Waals surface area contributed by atoms with Gasteiger partial charge < -0.3 is 10.2 Å². The van der Waals surface area contributed by atoms with Crippen molar-refractivity contribution in [2.45, 2.75) is 51.5 Å². The fourth-order valence-corrected chi connectivity index (χ4v) is 2.93. The van der Waals surface area contributed by atoms with Gasteiger partial charge in [0.1, 0.15) is 5.54 Å². The summed E-state index contributed by atoms with van der Waals surface area (Å²) in [6.07, 6.45) is 4.51. The van der Waals surface area contributed by atoms with E-state index >= 15 is 0 Å². The molecule has 0 spiro atoms. The van der Waals surface area contributed by atoms with E-state index < -0.39 is 5.54 Å². The lowest BCUT2D eigenvalue weighted by molar-refractivity contribution is -0.132. The van der Waals surface area contributed by atoms with Gasteiger partial charge in [0.15, 0.2) is 0 Å². The van der Waals surface area contributed by atoms with E-state index in [0.717, 1.165) is 32.1 Å². The van der Waals surface area contributed by atoms with Crippen molar-refractivity contribution in [3.05, 3.63) is 0 Å². The Balaban J connectivity index is 2.47. The van der Waals surface area contributed by atoms with Crippen molar-refractivity contribution in [1.82, 2.24) is 15.1 Å². The summed E-state index contributed by atoms with van der Waals surface area (Å²) >= 11 is 0. The predicted molar refractivity (Wildman–Crippen MR) is 85.0 cm³/mol. The summed E-state index contributed by atoms with van der Waals surface area (Å²) in [5.74, 6) is -0.161. The highest BCUT2D eigenvalue weighted by atomic mass is 16.2. The van der Waals surface area contributed by atoms with Gasteiger partial charge in [0, 0.05) is 13.1 Å². The molecule has 22 heavy (non-hydrogen) atoms. The van der Waals surface area contributed by atoms with Gasteiger partial charge in [-0.05, 0) is 33.7 Å². The molecule has 0 heterocycles. The van der Waals surface area contributed by atoms with Crippen molar-refractivity contribution in [2.24, 2.45) is 0 Å². The van der Waals surface area contributed by atoms with Crippen LogP contribution in [0.2, 0.25) is 0 Å². The standard InChI is InChI=1S/C16H28N4O2/c1-4-20(5-2)15(22)12-19(3)11-14(21)18-16(13-17)9-7-6-8-10-16/h4-12H2,1-3H3,(H,18,21). The quantitative estimate of drug-likeness (QED) is 0.765. The number of carbonyl (C=O) groups excluding carboxylic acids is 2. The Morgan fingerprint density at radius 1 is 1.14 bits per heavy atom. The first-order valence-electron chi connectivity index (χ1n) is 8.15. The normalized spacial score (nSPS) is 16.9.